The molecule has 5 N–H and O–H groups in total. The SMILES string of the molecule is [3H]OS(=O)(=O)O[C@@H](C=O)[C@@H](O)[C@@H](O)[C@H](O)CO. The van der Waals surface area contributed by atoms with Crippen molar-refractivity contribution in [3.63, 3.8) is 0 Å². The van der Waals surface area contributed by atoms with Gasteiger partial charge < -0.3 is 25.2 Å². The van der Waals surface area contributed by atoms with Crippen molar-refractivity contribution in [3.8, 4) is 0 Å². The maximum atomic E-state index is 10.6. The highest BCUT2D eigenvalue weighted by Gasteiger charge is 2.34. The second kappa shape index (κ2) is 6.20. The van der Waals surface area contributed by atoms with E-state index in [0.29, 0.717) is 0 Å². The van der Waals surface area contributed by atoms with E-state index < -0.39 is 41.4 Å². The van der Waals surface area contributed by atoms with Gasteiger partial charge in [0, 0.05) is 0 Å². The Hall–Kier alpha value is -0.620. The summed E-state index contributed by atoms with van der Waals surface area (Å²) in [5, 5.41) is 35.9. The third-order valence-corrected chi connectivity index (χ3v) is 2.09. The summed E-state index contributed by atoms with van der Waals surface area (Å²) >= 11 is 0. The molecule has 0 aromatic heterocycles. The number of aliphatic hydroxyl groups excluding tert-OH is 4. The van der Waals surface area contributed by atoms with Crippen LogP contribution in [0.2, 0.25) is 0 Å². The normalized spacial score (nSPS) is 20.6. The molecule has 0 saturated heterocycles. The van der Waals surface area contributed by atoms with Crippen LogP contribution in [0.1, 0.15) is 0 Å². The van der Waals surface area contributed by atoms with Gasteiger partial charge in [-0.15, -0.1) is 0 Å². The monoisotopic (exact) mass is 262 g/mol. The van der Waals surface area contributed by atoms with Gasteiger partial charge in [-0.1, -0.05) is 0 Å². The number of rotatable bonds is 8. The van der Waals surface area contributed by atoms with E-state index in [0.717, 1.165) is 0 Å². The van der Waals surface area contributed by atoms with Crippen LogP contribution in [0.4, 0.5) is 0 Å². The first-order chi connectivity index (χ1) is 7.79. The fourth-order valence-corrected chi connectivity index (χ4v) is 1.26. The summed E-state index contributed by atoms with van der Waals surface area (Å²) in [4.78, 5) is 10.4. The molecule has 0 aromatic carbocycles. The lowest BCUT2D eigenvalue weighted by molar-refractivity contribution is -0.133. The van der Waals surface area contributed by atoms with Crippen LogP contribution in [-0.4, -0.2) is 70.7 Å². The van der Waals surface area contributed by atoms with Gasteiger partial charge in [-0.05, 0) is 0 Å². The number of aldehydes is 1. The van der Waals surface area contributed by atoms with Crippen LogP contribution in [0, 0.1) is 0 Å². The Morgan fingerprint density at radius 2 is 1.88 bits per heavy atom. The number of aliphatic hydroxyl groups is 4. The molecule has 4 atom stereocenters. The van der Waals surface area contributed by atoms with Gasteiger partial charge in [0.1, 0.15) is 18.3 Å². The van der Waals surface area contributed by atoms with Crippen molar-refractivity contribution in [2.24, 2.45) is 0 Å². The molecule has 0 unspecified atom stereocenters. The average Bonchev–Trinajstić information content (AvgIpc) is 2.33. The molecule has 0 amide bonds. The quantitative estimate of drug-likeness (QED) is 0.220. The molecule has 9 nitrogen and oxygen atoms in total. The largest absolute Gasteiger partial charge is 0.398 e. The Morgan fingerprint density at radius 3 is 2.25 bits per heavy atom. The van der Waals surface area contributed by atoms with E-state index in [4.69, 9.17) is 11.6 Å². The Kier molecular flexibility index (Phi) is 5.21. The zero-order valence-corrected chi connectivity index (χ0v) is 8.65. The van der Waals surface area contributed by atoms with Gasteiger partial charge in [0.15, 0.2) is 12.4 Å². The van der Waals surface area contributed by atoms with E-state index >= 15 is 0 Å². The first-order valence-electron chi connectivity index (χ1n) is 4.38. The van der Waals surface area contributed by atoms with Crippen molar-refractivity contribution in [1.82, 2.24) is 0 Å². The smallest absolute Gasteiger partial charge is 0.394 e. The van der Waals surface area contributed by atoms with Crippen LogP contribution in [0.15, 0.2) is 0 Å². The Morgan fingerprint density at radius 1 is 1.31 bits per heavy atom. The molecule has 0 aliphatic carbocycles. The minimum Gasteiger partial charge on any atom is -0.394 e. The molecule has 0 heterocycles. The Bertz CT molecular complexity index is 330. The summed E-state index contributed by atoms with van der Waals surface area (Å²) in [5.41, 5.74) is 0. The number of carbonyl (C=O) groups excluding carboxylic acids is 1. The maximum Gasteiger partial charge on any atom is 0.398 e. The highest BCUT2D eigenvalue weighted by Crippen LogP contribution is 2.08. The molecular formula is C6H12O9S. The van der Waals surface area contributed by atoms with Crippen LogP contribution in [0.3, 0.4) is 0 Å². The number of hydrogen-bond acceptors (Lipinski definition) is 9. The van der Waals surface area contributed by atoms with Crippen LogP contribution in [0.5, 0.6) is 0 Å². The third-order valence-electron chi connectivity index (χ3n) is 1.63. The zero-order valence-electron chi connectivity index (χ0n) is 8.83. The molecule has 0 rings (SSSR count). The van der Waals surface area contributed by atoms with E-state index in [-0.39, 0.29) is 6.29 Å². The van der Waals surface area contributed by atoms with E-state index in [1.165, 1.54) is 0 Å². The van der Waals surface area contributed by atoms with Gasteiger partial charge in [0.25, 0.3) is 0 Å². The zero-order chi connectivity index (χ0) is 13.6. The second-order valence-electron chi connectivity index (χ2n) is 2.84. The summed E-state index contributed by atoms with van der Waals surface area (Å²) in [5.74, 6) is 0. The van der Waals surface area contributed by atoms with Gasteiger partial charge in [-0.25, -0.2) is 4.18 Å². The number of hydrogen-bond donors (Lipinski definition) is 5. The van der Waals surface area contributed by atoms with E-state index in [9.17, 15) is 23.4 Å². The highest BCUT2D eigenvalue weighted by molar-refractivity contribution is 7.80. The first-order valence-corrected chi connectivity index (χ1v) is 5.30. The Labute approximate surface area is 92.3 Å². The molecule has 10 heteroatoms. The summed E-state index contributed by atoms with van der Waals surface area (Å²) in [6.07, 6.45) is -8.19. The van der Waals surface area contributed by atoms with E-state index in [2.05, 4.69) is 8.74 Å². The highest BCUT2D eigenvalue weighted by atomic mass is 32.3. The third kappa shape index (κ3) is 4.94. The molecule has 0 aliphatic heterocycles. The van der Waals surface area contributed by atoms with Crippen LogP contribution in [-0.2, 0) is 19.4 Å². The molecule has 0 aromatic rings. The molecule has 0 spiro atoms. The van der Waals surface area contributed by atoms with Crippen LogP contribution in [0.25, 0.3) is 1.43 Å². The minimum atomic E-state index is -4.82. The Balaban J connectivity index is 4.72. The van der Waals surface area contributed by atoms with E-state index in [1.54, 1.807) is 0 Å². The van der Waals surface area contributed by atoms with Crippen LogP contribution >= 0.6 is 0 Å². The summed E-state index contributed by atoms with van der Waals surface area (Å²) < 4.78 is 34.4. The lowest BCUT2D eigenvalue weighted by Crippen LogP contribution is -2.47. The molecule has 0 saturated carbocycles. The molecule has 96 valence electrons. The summed E-state index contributed by atoms with van der Waals surface area (Å²) in [6, 6.07) is 0. The van der Waals surface area contributed by atoms with Gasteiger partial charge >= 0.3 is 10.4 Å². The van der Waals surface area contributed by atoms with Crippen LogP contribution < -0.4 is 0 Å². The van der Waals surface area contributed by atoms with Gasteiger partial charge in [-0.2, -0.15) is 8.42 Å². The molecular weight excluding hydrogens is 248 g/mol. The summed E-state index contributed by atoms with van der Waals surface area (Å²) in [7, 11) is -4.82. The predicted molar refractivity (Wildman–Crippen MR) is 47.6 cm³/mol. The van der Waals surface area contributed by atoms with Gasteiger partial charge in [0.05, 0.1) is 6.61 Å². The van der Waals surface area contributed by atoms with Gasteiger partial charge in [0.2, 0.25) is 1.43 Å². The van der Waals surface area contributed by atoms with E-state index in [1.807, 2.05) is 0 Å². The van der Waals surface area contributed by atoms with Gasteiger partial charge in [-0.3, -0.25) is 4.56 Å². The molecule has 0 bridgehead atoms. The lowest BCUT2D eigenvalue weighted by atomic mass is 10.0. The summed E-state index contributed by atoms with van der Waals surface area (Å²) in [6.45, 7) is -0.925. The maximum absolute atomic E-state index is 10.6. The fraction of sp³-hybridized carbons (Fsp3) is 0.833. The predicted octanol–water partition coefficient (Wildman–Crippen LogP) is -3.55. The fourth-order valence-electron chi connectivity index (χ4n) is 0.826. The van der Waals surface area contributed by atoms with Crippen molar-refractivity contribution in [2.45, 2.75) is 24.4 Å². The van der Waals surface area contributed by atoms with Crippen molar-refractivity contribution in [3.05, 3.63) is 0 Å². The average molecular weight is 262 g/mol. The topological polar surface area (TPSA) is 162 Å². The molecule has 0 aliphatic rings. The molecule has 0 radical (unpaired) electrons. The lowest BCUT2D eigenvalue weighted by Gasteiger charge is -2.24. The van der Waals surface area contributed by atoms with Crippen molar-refractivity contribution in [1.29, 1.82) is 1.43 Å². The molecule has 0 fully saturated rings. The minimum absolute atomic E-state index is 0.172. The number of carbonyl (C=O) groups is 1. The standard InChI is InChI=1S/C6H12O9S/c7-1-3(9)5(10)6(11)4(2-8)15-16(12,13)14/h2-7,9-11H,1H2,(H,12,13,14)/t3-,4+,5+,6-/m1/s1/i/hT. The van der Waals surface area contributed by atoms with Crippen molar-refractivity contribution < 1.29 is 42.4 Å². The van der Waals surface area contributed by atoms with Crippen molar-refractivity contribution in [2.75, 3.05) is 6.61 Å². The van der Waals surface area contributed by atoms with Crippen molar-refractivity contribution >= 4 is 16.7 Å². The molecule has 16 heavy (non-hydrogen) atoms. The first kappa shape index (κ1) is 13.4. The second-order valence-corrected chi connectivity index (χ2v) is 3.85.